The van der Waals surface area contributed by atoms with Gasteiger partial charge in [-0.2, -0.15) is 18.4 Å². The van der Waals surface area contributed by atoms with Crippen molar-refractivity contribution >= 4 is 22.7 Å². The van der Waals surface area contributed by atoms with Gasteiger partial charge in [0.2, 0.25) is 0 Å². The Hall–Kier alpha value is -3.71. The van der Waals surface area contributed by atoms with Crippen molar-refractivity contribution in [1.82, 2.24) is 4.57 Å². The maximum Gasteiger partial charge on any atom is 0.425 e. The largest absolute Gasteiger partial charge is 0.488 e. The first kappa shape index (κ1) is 25.0. The van der Waals surface area contributed by atoms with Crippen LogP contribution < -0.4 is 10.1 Å². The predicted octanol–water partition coefficient (Wildman–Crippen LogP) is 6.57. The highest BCUT2D eigenvalue weighted by Crippen LogP contribution is 2.43. The van der Waals surface area contributed by atoms with Crippen molar-refractivity contribution in [2.75, 3.05) is 18.5 Å². The predicted molar refractivity (Wildman–Crippen MR) is 130 cm³/mol. The van der Waals surface area contributed by atoms with Crippen LogP contribution in [0.3, 0.4) is 0 Å². The van der Waals surface area contributed by atoms with E-state index < -0.39 is 18.4 Å². The Kier molecular flexibility index (Phi) is 6.73. The fourth-order valence-electron chi connectivity index (χ4n) is 4.67. The molecule has 1 aliphatic carbocycles. The van der Waals surface area contributed by atoms with E-state index in [-0.39, 0.29) is 17.8 Å². The number of hydrogen-bond donors (Lipinski definition) is 1. The summed E-state index contributed by atoms with van der Waals surface area (Å²) in [4.78, 5) is 11.9. The fourth-order valence-corrected chi connectivity index (χ4v) is 4.67. The van der Waals surface area contributed by atoms with E-state index in [9.17, 15) is 23.2 Å². The van der Waals surface area contributed by atoms with Crippen LogP contribution in [0, 0.1) is 11.3 Å². The Balaban J connectivity index is 1.46. The van der Waals surface area contributed by atoms with Crippen LogP contribution in [-0.4, -0.2) is 42.3 Å². The van der Waals surface area contributed by atoms with E-state index in [1.807, 2.05) is 18.2 Å². The van der Waals surface area contributed by atoms with Crippen LogP contribution in [0.1, 0.15) is 44.2 Å². The maximum absolute atomic E-state index is 12.7. The SMILES string of the molecule is CC(OC(=O)Nc1ccc(-c2c(C#N)c3ccc(OC4CCOC4)cc3n2C2CCC2)cc1)C(F)(F)F. The van der Waals surface area contributed by atoms with Crippen LogP contribution >= 0.6 is 0 Å². The number of nitriles is 1. The third kappa shape index (κ3) is 5.09. The highest BCUT2D eigenvalue weighted by Gasteiger charge is 2.39. The van der Waals surface area contributed by atoms with Gasteiger partial charge in [-0.1, -0.05) is 12.1 Å². The minimum atomic E-state index is -4.64. The number of anilines is 1. The Morgan fingerprint density at radius 2 is 1.95 bits per heavy atom. The molecular formula is C27H26F3N3O4. The number of carbonyl (C=O) groups excluding carboxylic acids is 1. The molecule has 0 bridgehead atoms. The van der Waals surface area contributed by atoms with Gasteiger partial charge in [0, 0.05) is 29.6 Å². The number of alkyl halides is 3. The van der Waals surface area contributed by atoms with Crippen molar-refractivity contribution in [3.8, 4) is 23.1 Å². The monoisotopic (exact) mass is 513 g/mol. The van der Waals surface area contributed by atoms with Gasteiger partial charge in [0.1, 0.15) is 17.9 Å². The van der Waals surface area contributed by atoms with Crippen LogP contribution in [0.15, 0.2) is 42.5 Å². The van der Waals surface area contributed by atoms with Gasteiger partial charge in [0.15, 0.2) is 6.10 Å². The molecule has 1 aromatic heterocycles. The maximum atomic E-state index is 12.7. The Morgan fingerprint density at radius 1 is 1.19 bits per heavy atom. The van der Waals surface area contributed by atoms with Gasteiger partial charge < -0.3 is 18.8 Å². The lowest BCUT2D eigenvalue weighted by Crippen LogP contribution is -2.32. The van der Waals surface area contributed by atoms with Crippen LogP contribution in [0.25, 0.3) is 22.2 Å². The number of ether oxygens (including phenoxy) is 3. The standard InChI is InChI=1S/C27H26F3N3O4/c1-16(27(28,29)30)36-26(34)32-18-7-5-17(6-8-18)25-23(14-31)22-10-9-20(37-21-11-12-35-15-21)13-24(22)33(25)19-3-2-4-19/h5-10,13,16,19,21H,2-4,11-12,15H2,1H3,(H,32,34). The second kappa shape index (κ2) is 9.98. The first-order valence-electron chi connectivity index (χ1n) is 12.2. The van der Waals surface area contributed by atoms with Crippen LogP contribution in [0.5, 0.6) is 5.75 Å². The summed E-state index contributed by atoms with van der Waals surface area (Å²) in [7, 11) is 0. The van der Waals surface area contributed by atoms with Crippen molar-refractivity contribution in [1.29, 1.82) is 5.26 Å². The van der Waals surface area contributed by atoms with Crippen molar-refractivity contribution in [2.24, 2.45) is 0 Å². The molecule has 3 aromatic rings. The highest BCUT2D eigenvalue weighted by atomic mass is 19.4. The lowest BCUT2D eigenvalue weighted by molar-refractivity contribution is -0.196. The average molecular weight is 514 g/mol. The topological polar surface area (TPSA) is 85.5 Å². The van der Waals surface area contributed by atoms with Crippen molar-refractivity contribution in [3.05, 3.63) is 48.0 Å². The van der Waals surface area contributed by atoms with Crippen LogP contribution in [0.4, 0.5) is 23.7 Å². The second-order valence-electron chi connectivity index (χ2n) is 9.36. The lowest BCUT2D eigenvalue weighted by Gasteiger charge is -2.30. The summed E-state index contributed by atoms with van der Waals surface area (Å²) in [5.41, 5.74) is 3.26. The fraction of sp³-hybridized carbons (Fsp3) is 0.407. The Labute approximate surface area is 211 Å². The Morgan fingerprint density at radius 3 is 2.54 bits per heavy atom. The molecule has 2 atom stereocenters. The van der Waals surface area contributed by atoms with E-state index in [1.165, 1.54) is 0 Å². The second-order valence-corrected chi connectivity index (χ2v) is 9.36. The molecule has 1 aliphatic heterocycles. The van der Waals surface area contributed by atoms with E-state index in [1.54, 1.807) is 24.3 Å². The van der Waals surface area contributed by atoms with E-state index >= 15 is 0 Å². The van der Waals surface area contributed by atoms with Gasteiger partial charge in [-0.15, -0.1) is 0 Å². The summed E-state index contributed by atoms with van der Waals surface area (Å²) in [5, 5.41) is 13.3. The van der Waals surface area contributed by atoms with Gasteiger partial charge in [0.25, 0.3) is 0 Å². The molecule has 10 heteroatoms. The molecular weight excluding hydrogens is 487 g/mol. The first-order valence-corrected chi connectivity index (χ1v) is 12.2. The molecule has 2 fully saturated rings. The van der Waals surface area contributed by atoms with E-state index in [0.717, 1.165) is 60.5 Å². The molecule has 2 aliphatic rings. The molecule has 37 heavy (non-hydrogen) atoms. The molecule has 1 saturated carbocycles. The van der Waals surface area contributed by atoms with E-state index in [2.05, 4.69) is 20.7 Å². The highest BCUT2D eigenvalue weighted by molar-refractivity contribution is 5.96. The minimum absolute atomic E-state index is 0.00493. The summed E-state index contributed by atoms with van der Waals surface area (Å²) in [6, 6.07) is 15.0. The number of amides is 1. The molecule has 5 rings (SSSR count). The number of halogens is 3. The molecule has 2 aromatic carbocycles. The van der Waals surface area contributed by atoms with E-state index in [4.69, 9.17) is 9.47 Å². The number of nitrogens with one attached hydrogen (secondary N) is 1. The smallest absolute Gasteiger partial charge is 0.425 e. The molecule has 1 amide bonds. The number of hydrogen-bond acceptors (Lipinski definition) is 5. The quantitative estimate of drug-likeness (QED) is 0.403. The molecule has 1 N–H and O–H groups in total. The van der Waals surface area contributed by atoms with Gasteiger partial charge in [-0.05, 0) is 56.0 Å². The zero-order chi connectivity index (χ0) is 26.2. The number of fused-ring (bicyclic) bond motifs is 1. The number of nitrogens with zero attached hydrogens (tertiary/aromatic N) is 2. The number of carbonyl (C=O) groups is 1. The van der Waals surface area contributed by atoms with Gasteiger partial charge in [-0.25, -0.2) is 4.79 Å². The normalized spacial score (nSPS) is 18.7. The zero-order valence-corrected chi connectivity index (χ0v) is 20.2. The molecule has 0 radical (unpaired) electrons. The summed E-state index contributed by atoms with van der Waals surface area (Å²) < 4.78 is 56.1. The molecule has 2 heterocycles. The Bertz CT molecular complexity index is 1330. The minimum Gasteiger partial charge on any atom is -0.488 e. The summed E-state index contributed by atoms with van der Waals surface area (Å²) in [6.07, 6.45) is -4.14. The number of aromatic nitrogens is 1. The van der Waals surface area contributed by atoms with Gasteiger partial charge in [-0.3, -0.25) is 5.32 Å². The van der Waals surface area contributed by atoms with Crippen molar-refractivity contribution < 1.29 is 32.2 Å². The molecule has 7 nitrogen and oxygen atoms in total. The van der Waals surface area contributed by atoms with Crippen molar-refractivity contribution in [2.45, 2.75) is 57.0 Å². The van der Waals surface area contributed by atoms with Gasteiger partial charge >= 0.3 is 12.3 Å². The molecule has 2 unspecified atom stereocenters. The van der Waals surface area contributed by atoms with Crippen LogP contribution in [0.2, 0.25) is 0 Å². The summed E-state index contributed by atoms with van der Waals surface area (Å²) in [6.45, 7) is 2.00. The zero-order valence-electron chi connectivity index (χ0n) is 20.2. The number of benzene rings is 2. The third-order valence-corrected chi connectivity index (χ3v) is 6.87. The summed E-state index contributed by atoms with van der Waals surface area (Å²) in [5.74, 6) is 0.725. The average Bonchev–Trinajstić information content (AvgIpc) is 3.44. The van der Waals surface area contributed by atoms with Gasteiger partial charge in [0.05, 0.1) is 30.0 Å². The number of rotatable bonds is 6. The molecule has 0 spiro atoms. The lowest BCUT2D eigenvalue weighted by atomic mass is 9.92. The van der Waals surface area contributed by atoms with Crippen LogP contribution in [-0.2, 0) is 9.47 Å². The molecule has 194 valence electrons. The van der Waals surface area contributed by atoms with Crippen molar-refractivity contribution in [3.63, 3.8) is 0 Å². The first-order chi connectivity index (χ1) is 17.7. The van der Waals surface area contributed by atoms with E-state index in [0.29, 0.717) is 18.8 Å². The summed E-state index contributed by atoms with van der Waals surface area (Å²) >= 11 is 0. The molecule has 1 saturated heterocycles. The third-order valence-electron chi connectivity index (χ3n) is 6.87.